The van der Waals surface area contributed by atoms with Crippen molar-refractivity contribution in [2.24, 2.45) is 0 Å². The molecule has 0 saturated carbocycles. The van der Waals surface area contributed by atoms with Gasteiger partial charge in [0.05, 0.1) is 5.52 Å². The molecule has 0 aliphatic carbocycles. The molecule has 0 fully saturated rings. The van der Waals surface area contributed by atoms with Crippen molar-refractivity contribution in [3.05, 3.63) is 42.1 Å². The molecular weight excluding hydrogens is 264 g/mol. The van der Waals surface area contributed by atoms with Gasteiger partial charge in [-0.2, -0.15) is 11.8 Å². The summed E-state index contributed by atoms with van der Waals surface area (Å²) in [5.41, 5.74) is 2.47. The molecular formula is C17H24N2S. The molecule has 1 aromatic heterocycles. The number of para-hydroxylation sites is 1. The summed E-state index contributed by atoms with van der Waals surface area (Å²) in [7, 11) is 0. The summed E-state index contributed by atoms with van der Waals surface area (Å²) in [6.07, 6.45) is 4.29. The van der Waals surface area contributed by atoms with Gasteiger partial charge in [0.2, 0.25) is 0 Å². The molecule has 1 N–H and O–H groups in total. The van der Waals surface area contributed by atoms with Crippen LogP contribution < -0.4 is 5.32 Å². The molecule has 1 aromatic carbocycles. The minimum absolute atomic E-state index is 0.394. The molecule has 0 aliphatic heterocycles. The number of hydrogen-bond donors (Lipinski definition) is 1. The summed E-state index contributed by atoms with van der Waals surface area (Å²) >= 11 is 2.02. The van der Waals surface area contributed by atoms with Gasteiger partial charge < -0.3 is 5.32 Å². The van der Waals surface area contributed by atoms with Crippen molar-refractivity contribution in [2.45, 2.75) is 32.7 Å². The smallest absolute Gasteiger partial charge is 0.0750 e. The Morgan fingerprint density at radius 2 is 2.00 bits per heavy atom. The molecule has 2 nitrogen and oxygen atoms in total. The summed E-state index contributed by atoms with van der Waals surface area (Å²) in [5, 5.41) is 4.91. The highest BCUT2D eigenvalue weighted by Crippen LogP contribution is 2.25. The average molecular weight is 288 g/mol. The number of rotatable bonds is 8. The van der Waals surface area contributed by atoms with E-state index in [2.05, 4.69) is 48.4 Å². The van der Waals surface area contributed by atoms with Crippen LogP contribution in [0, 0.1) is 0 Å². The maximum Gasteiger partial charge on any atom is 0.0750 e. The van der Waals surface area contributed by atoms with Gasteiger partial charge in [-0.15, -0.1) is 0 Å². The average Bonchev–Trinajstić information content (AvgIpc) is 2.50. The Morgan fingerprint density at radius 3 is 2.80 bits per heavy atom. The van der Waals surface area contributed by atoms with E-state index in [1.54, 1.807) is 0 Å². The van der Waals surface area contributed by atoms with Crippen molar-refractivity contribution in [3.63, 3.8) is 0 Å². The molecule has 1 atom stereocenters. The second kappa shape index (κ2) is 8.28. The number of pyridine rings is 1. The standard InChI is InChI=1S/C17H24N2S/c1-3-10-18-16(13-20-12-4-2)15-9-5-7-14-8-6-11-19-17(14)15/h5-9,11,16,18H,3-4,10,12-13H2,1-2H3. The lowest BCUT2D eigenvalue weighted by Crippen LogP contribution is -2.24. The zero-order valence-corrected chi connectivity index (χ0v) is 13.2. The number of hydrogen-bond acceptors (Lipinski definition) is 3. The number of fused-ring (bicyclic) bond motifs is 1. The fourth-order valence-corrected chi connectivity index (χ4v) is 3.32. The number of thioether (sulfide) groups is 1. The van der Waals surface area contributed by atoms with Gasteiger partial charge in [-0.1, -0.05) is 38.1 Å². The van der Waals surface area contributed by atoms with E-state index in [1.807, 2.05) is 24.0 Å². The van der Waals surface area contributed by atoms with Crippen LogP contribution in [-0.2, 0) is 0 Å². The van der Waals surface area contributed by atoms with Crippen LogP contribution >= 0.6 is 11.8 Å². The van der Waals surface area contributed by atoms with Gasteiger partial charge in [0.25, 0.3) is 0 Å². The van der Waals surface area contributed by atoms with Gasteiger partial charge in [0.15, 0.2) is 0 Å². The predicted molar refractivity (Wildman–Crippen MR) is 90.4 cm³/mol. The van der Waals surface area contributed by atoms with Crippen LogP contribution in [0.25, 0.3) is 10.9 Å². The van der Waals surface area contributed by atoms with E-state index in [-0.39, 0.29) is 0 Å². The molecule has 0 saturated heterocycles. The Hall–Kier alpha value is -1.06. The van der Waals surface area contributed by atoms with E-state index in [9.17, 15) is 0 Å². The molecule has 0 amide bonds. The quantitative estimate of drug-likeness (QED) is 0.728. The first-order chi connectivity index (χ1) is 9.86. The topological polar surface area (TPSA) is 24.9 Å². The lowest BCUT2D eigenvalue weighted by Gasteiger charge is -2.20. The van der Waals surface area contributed by atoms with E-state index >= 15 is 0 Å². The minimum atomic E-state index is 0.394. The van der Waals surface area contributed by atoms with Gasteiger partial charge >= 0.3 is 0 Å². The molecule has 2 rings (SSSR count). The van der Waals surface area contributed by atoms with Crippen molar-refractivity contribution in [3.8, 4) is 0 Å². The van der Waals surface area contributed by atoms with Crippen molar-refractivity contribution >= 4 is 22.7 Å². The van der Waals surface area contributed by atoms with Crippen LogP contribution in [-0.4, -0.2) is 23.0 Å². The monoisotopic (exact) mass is 288 g/mol. The summed E-state index contributed by atoms with van der Waals surface area (Å²) in [6, 6.07) is 11.0. The maximum absolute atomic E-state index is 4.59. The Kier molecular flexibility index (Phi) is 6.34. The number of nitrogens with zero attached hydrogens (tertiary/aromatic N) is 1. The SMILES string of the molecule is CCCNC(CSCCC)c1cccc2cccnc12. The molecule has 0 bridgehead atoms. The summed E-state index contributed by atoms with van der Waals surface area (Å²) in [4.78, 5) is 4.59. The van der Waals surface area contributed by atoms with Crippen LogP contribution in [0.15, 0.2) is 36.5 Å². The largest absolute Gasteiger partial charge is 0.309 e. The van der Waals surface area contributed by atoms with E-state index in [4.69, 9.17) is 0 Å². The number of benzene rings is 1. The third-order valence-corrected chi connectivity index (χ3v) is 4.58. The fraction of sp³-hybridized carbons (Fsp3) is 0.471. The molecule has 1 unspecified atom stereocenters. The van der Waals surface area contributed by atoms with E-state index < -0.39 is 0 Å². The lowest BCUT2D eigenvalue weighted by atomic mass is 10.0. The van der Waals surface area contributed by atoms with Crippen molar-refractivity contribution in [2.75, 3.05) is 18.1 Å². The van der Waals surface area contributed by atoms with E-state index in [0.717, 1.165) is 24.2 Å². The first-order valence-corrected chi connectivity index (χ1v) is 8.67. The van der Waals surface area contributed by atoms with Crippen molar-refractivity contribution in [1.82, 2.24) is 10.3 Å². The molecule has 0 aliphatic rings. The molecule has 0 spiro atoms. The molecule has 2 aromatic rings. The molecule has 20 heavy (non-hydrogen) atoms. The summed E-state index contributed by atoms with van der Waals surface area (Å²) < 4.78 is 0. The van der Waals surface area contributed by atoms with Gasteiger partial charge in [0.1, 0.15) is 0 Å². The maximum atomic E-state index is 4.59. The van der Waals surface area contributed by atoms with Gasteiger partial charge in [0, 0.05) is 23.4 Å². The first kappa shape index (κ1) is 15.3. The van der Waals surface area contributed by atoms with E-state index in [1.165, 1.54) is 23.1 Å². The van der Waals surface area contributed by atoms with Crippen molar-refractivity contribution < 1.29 is 0 Å². The molecule has 0 radical (unpaired) electrons. The molecule has 3 heteroatoms. The first-order valence-electron chi connectivity index (χ1n) is 7.51. The number of aromatic nitrogens is 1. The third-order valence-electron chi connectivity index (χ3n) is 3.31. The normalized spacial score (nSPS) is 12.7. The van der Waals surface area contributed by atoms with Crippen LogP contribution in [0.1, 0.15) is 38.3 Å². The molecule has 1 heterocycles. The number of nitrogens with one attached hydrogen (secondary N) is 1. The van der Waals surface area contributed by atoms with E-state index in [0.29, 0.717) is 6.04 Å². The van der Waals surface area contributed by atoms with Crippen molar-refractivity contribution in [1.29, 1.82) is 0 Å². The van der Waals surface area contributed by atoms with Crippen LogP contribution in [0.5, 0.6) is 0 Å². The van der Waals surface area contributed by atoms with Crippen LogP contribution in [0.2, 0.25) is 0 Å². The zero-order valence-electron chi connectivity index (χ0n) is 12.4. The Labute approximate surface area is 126 Å². The Bertz CT molecular complexity index is 522. The summed E-state index contributed by atoms with van der Waals surface area (Å²) in [6.45, 7) is 5.51. The zero-order chi connectivity index (χ0) is 14.2. The second-order valence-electron chi connectivity index (χ2n) is 5.00. The Balaban J connectivity index is 2.24. The van der Waals surface area contributed by atoms with Gasteiger partial charge in [-0.05, 0) is 36.8 Å². The lowest BCUT2D eigenvalue weighted by molar-refractivity contribution is 0.580. The predicted octanol–water partition coefficient (Wildman–Crippen LogP) is 4.42. The highest BCUT2D eigenvalue weighted by atomic mass is 32.2. The van der Waals surface area contributed by atoms with Crippen LogP contribution in [0.3, 0.4) is 0 Å². The van der Waals surface area contributed by atoms with Gasteiger partial charge in [-0.25, -0.2) is 0 Å². The van der Waals surface area contributed by atoms with Crippen LogP contribution in [0.4, 0.5) is 0 Å². The third kappa shape index (κ3) is 3.97. The highest BCUT2D eigenvalue weighted by Gasteiger charge is 2.14. The Morgan fingerprint density at radius 1 is 1.15 bits per heavy atom. The minimum Gasteiger partial charge on any atom is -0.309 e. The molecule has 108 valence electrons. The fourth-order valence-electron chi connectivity index (χ4n) is 2.33. The highest BCUT2D eigenvalue weighted by molar-refractivity contribution is 7.99. The second-order valence-corrected chi connectivity index (χ2v) is 6.15. The summed E-state index contributed by atoms with van der Waals surface area (Å²) in [5.74, 6) is 2.34. The van der Waals surface area contributed by atoms with Gasteiger partial charge in [-0.3, -0.25) is 4.98 Å².